The Kier molecular flexibility index (Phi) is 7.08. The van der Waals surface area contributed by atoms with Crippen LogP contribution in [0.2, 0.25) is 0 Å². The van der Waals surface area contributed by atoms with Crippen LogP contribution in [0.15, 0.2) is 51.9 Å². The third kappa shape index (κ3) is 5.07. The van der Waals surface area contributed by atoms with Crippen LogP contribution < -0.4 is 5.56 Å². The fraction of sp³-hybridized carbons (Fsp3) is 0.481. The number of fused-ring (bicyclic) bond motifs is 1. The van der Waals surface area contributed by atoms with Gasteiger partial charge in [0.25, 0.3) is 5.56 Å². The van der Waals surface area contributed by atoms with Crippen LogP contribution in [-0.2, 0) is 19.5 Å². The van der Waals surface area contributed by atoms with E-state index in [2.05, 4.69) is 51.4 Å². The third-order valence-electron chi connectivity index (χ3n) is 7.20. The van der Waals surface area contributed by atoms with E-state index in [0.29, 0.717) is 19.1 Å². The number of aromatic amines is 1. The van der Waals surface area contributed by atoms with Crippen LogP contribution in [0.4, 0.5) is 0 Å². The largest absolute Gasteiger partial charge is 0.468 e. The average molecular weight is 475 g/mol. The lowest BCUT2D eigenvalue weighted by atomic mass is 10.0. The number of tetrazole rings is 1. The van der Waals surface area contributed by atoms with Gasteiger partial charge in [0.2, 0.25) is 0 Å². The van der Waals surface area contributed by atoms with Gasteiger partial charge < -0.3 is 9.40 Å². The van der Waals surface area contributed by atoms with Gasteiger partial charge in [0, 0.05) is 17.6 Å². The summed E-state index contributed by atoms with van der Waals surface area (Å²) in [4.78, 5) is 18.5. The first-order chi connectivity index (χ1) is 17.2. The Balaban J connectivity index is 1.53. The molecule has 8 nitrogen and oxygen atoms in total. The second-order valence-electron chi connectivity index (χ2n) is 9.61. The van der Waals surface area contributed by atoms with Gasteiger partial charge in [-0.05, 0) is 77.4 Å². The van der Waals surface area contributed by atoms with Gasteiger partial charge in [-0.15, -0.1) is 5.10 Å². The number of H-pyrrole nitrogens is 1. The lowest BCUT2D eigenvalue weighted by Crippen LogP contribution is -2.33. The van der Waals surface area contributed by atoms with Crippen molar-refractivity contribution in [3.05, 3.63) is 75.7 Å². The van der Waals surface area contributed by atoms with Crippen LogP contribution in [0.25, 0.3) is 10.9 Å². The highest BCUT2D eigenvalue weighted by molar-refractivity contribution is 5.79. The molecule has 0 spiro atoms. The van der Waals surface area contributed by atoms with E-state index >= 15 is 0 Å². The molecule has 1 N–H and O–H groups in total. The molecule has 3 heterocycles. The summed E-state index contributed by atoms with van der Waals surface area (Å²) in [5.41, 5.74) is 2.79. The van der Waals surface area contributed by atoms with E-state index in [1.807, 2.05) is 28.9 Å². The van der Waals surface area contributed by atoms with E-state index in [-0.39, 0.29) is 11.6 Å². The minimum atomic E-state index is -0.0585. The molecular formula is C27H34N6O2. The molecule has 0 radical (unpaired) electrons. The van der Waals surface area contributed by atoms with Gasteiger partial charge in [-0.25, -0.2) is 4.68 Å². The molecule has 184 valence electrons. The monoisotopic (exact) mass is 474 g/mol. The first-order valence-corrected chi connectivity index (χ1v) is 12.8. The van der Waals surface area contributed by atoms with E-state index < -0.39 is 0 Å². The zero-order valence-corrected chi connectivity index (χ0v) is 20.6. The maximum atomic E-state index is 13.1. The molecule has 0 saturated heterocycles. The Morgan fingerprint density at radius 1 is 1.17 bits per heavy atom. The summed E-state index contributed by atoms with van der Waals surface area (Å²) < 4.78 is 7.76. The van der Waals surface area contributed by atoms with E-state index in [0.717, 1.165) is 60.2 Å². The van der Waals surface area contributed by atoms with Gasteiger partial charge in [0.1, 0.15) is 5.76 Å². The second-order valence-corrected chi connectivity index (χ2v) is 9.61. The summed E-state index contributed by atoms with van der Waals surface area (Å²) >= 11 is 0. The molecule has 1 unspecified atom stereocenters. The fourth-order valence-electron chi connectivity index (χ4n) is 5.31. The van der Waals surface area contributed by atoms with Gasteiger partial charge in [0.05, 0.1) is 24.9 Å². The number of rotatable bonds is 10. The van der Waals surface area contributed by atoms with Gasteiger partial charge >= 0.3 is 0 Å². The van der Waals surface area contributed by atoms with Crippen molar-refractivity contribution in [2.45, 2.75) is 84.0 Å². The zero-order valence-electron chi connectivity index (χ0n) is 20.6. The van der Waals surface area contributed by atoms with Gasteiger partial charge in [-0.3, -0.25) is 9.69 Å². The number of nitrogens with one attached hydrogen (secondary N) is 1. The maximum absolute atomic E-state index is 13.1. The number of pyridine rings is 1. The number of hydrogen-bond acceptors (Lipinski definition) is 6. The molecule has 5 rings (SSSR count). The lowest BCUT2D eigenvalue weighted by Gasteiger charge is -2.31. The number of aromatic nitrogens is 5. The van der Waals surface area contributed by atoms with Crippen molar-refractivity contribution in [3.8, 4) is 0 Å². The molecule has 1 aliphatic carbocycles. The molecule has 0 amide bonds. The zero-order chi connectivity index (χ0) is 24.2. The topological polar surface area (TPSA) is 92.8 Å². The van der Waals surface area contributed by atoms with Crippen molar-refractivity contribution >= 4 is 10.9 Å². The number of hydrogen-bond donors (Lipinski definition) is 1. The predicted molar refractivity (Wildman–Crippen MR) is 135 cm³/mol. The van der Waals surface area contributed by atoms with E-state index in [9.17, 15) is 4.79 Å². The van der Waals surface area contributed by atoms with Gasteiger partial charge in [0.15, 0.2) is 5.82 Å². The van der Waals surface area contributed by atoms with E-state index in [4.69, 9.17) is 4.42 Å². The molecule has 1 saturated carbocycles. The summed E-state index contributed by atoms with van der Waals surface area (Å²) in [5.74, 6) is 1.74. The number of benzene rings is 1. The Morgan fingerprint density at radius 2 is 2.03 bits per heavy atom. The van der Waals surface area contributed by atoms with Crippen LogP contribution in [0.1, 0.15) is 87.2 Å². The maximum Gasteiger partial charge on any atom is 0.252 e. The normalized spacial score (nSPS) is 15.4. The Morgan fingerprint density at radius 3 is 2.77 bits per heavy atom. The first-order valence-electron chi connectivity index (χ1n) is 12.8. The van der Waals surface area contributed by atoms with Crippen molar-refractivity contribution in [1.29, 1.82) is 0 Å². The summed E-state index contributed by atoms with van der Waals surface area (Å²) in [5, 5.41) is 14.0. The number of nitrogens with zero attached hydrogens (tertiary/aromatic N) is 5. The van der Waals surface area contributed by atoms with Crippen molar-refractivity contribution in [2.24, 2.45) is 0 Å². The van der Waals surface area contributed by atoms with Gasteiger partial charge in [-0.1, -0.05) is 39.2 Å². The SMILES string of the molecule is CCCC(c1nnnn1C1CCCC1)N(Cc1ccco1)Cc1cc2cc(CC)ccc2[nH]c1=O. The second kappa shape index (κ2) is 10.6. The van der Waals surface area contributed by atoms with Crippen molar-refractivity contribution in [2.75, 3.05) is 0 Å². The standard InChI is InChI=1S/C27H34N6O2/c1-3-8-25(26-29-30-31-33(26)22-9-5-6-10-22)32(18-23-11-7-14-35-23)17-21-16-20-15-19(4-2)12-13-24(20)28-27(21)34/h7,11-16,22,25H,3-6,8-10,17-18H2,1-2H3,(H,28,34). The summed E-state index contributed by atoms with van der Waals surface area (Å²) in [6, 6.07) is 12.5. The molecule has 1 aromatic carbocycles. The summed E-state index contributed by atoms with van der Waals surface area (Å²) in [6.07, 6.45) is 9.16. The molecule has 8 heteroatoms. The van der Waals surface area contributed by atoms with Gasteiger partial charge in [-0.2, -0.15) is 0 Å². The molecule has 4 aromatic rings. The predicted octanol–water partition coefficient (Wildman–Crippen LogP) is 5.33. The quantitative estimate of drug-likeness (QED) is 0.334. The molecular weight excluding hydrogens is 440 g/mol. The fourth-order valence-corrected chi connectivity index (χ4v) is 5.31. The lowest BCUT2D eigenvalue weighted by molar-refractivity contribution is 0.142. The minimum absolute atomic E-state index is 0.0298. The molecule has 0 bridgehead atoms. The van der Waals surface area contributed by atoms with Crippen LogP contribution in [0, 0.1) is 0 Å². The Hall–Kier alpha value is -3.26. The molecule has 0 aliphatic heterocycles. The highest BCUT2D eigenvalue weighted by Gasteiger charge is 2.30. The molecule has 35 heavy (non-hydrogen) atoms. The highest BCUT2D eigenvalue weighted by atomic mass is 16.3. The van der Waals surface area contributed by atoms with Crippen molar-refractivity contribution < 1.29 is 4.42 Å². The Labute approximate surface area is 205 Å². The summed E-state index contributed by atoms with van der Waals surface area (Å²) in [6.45, 7) is 5.37. The number of furan rings is 1. The molecule has 1 atom stereocenters. The minimum Gasteiger partial charge on any atom is -0.468 e. The summed E-state index contributed by atoms with van der Waals surface area (Å²) in [7, 11) is 0. The van der Waals surface area contributed by atoms with Crippen LogP contribution >= 0.6 is 0 Å². The number of aryl methyl sites for hydroxylation is 1. The third-order valence-corrected chi connectivity index (χ3v) is 7.20. The molecule has 3 aromatic heterocycles. The van der Waals surface area contributed by atoms with Crippen molar-refractivity contribution in [1.82, 2.24) is 30.1 Å². The van der Waals surface area contributed by atoms with Crippen molar-refractivity contribution in [3.63, 3.8) is 0 Å². The van der Waals surface area contributed by atoms with E-state index in [1.54, 1.807) is 6.26 Å². The highest BCUT2D eigenvalue weighted by Crippen LogP contribution is 2.34. The van der Waals surface area contributed by atoms with Crippen LogP contribution in [0.3, 0.4) is 0 Å². The average Bonchev–Trinajstić information content (AvgIpc) is 3.65. The van der Waals surface area contributed by atoms with Crippen LogP contribution in [-0.4, -0.2) is 30.1 Å². The van der Waals surface area contributed by atoms with E-state index in [1.165, 1.54) is 18.4 Å². The first kappa shape index (κ1) is 23.5. The molecule has 1 aliphatic rings. The van der Waals surface area contributed by atoms with Crippen LogP contribution in [0.5, 0.6) is 0 Å². The smallest absolute Gasteiger partial charge is 0.252 e. The molecule has 1 fully saturated rings. The Bertz CT molecular complexity index is 1300.